The molecule has 2 amide bonds. The van der Waals surface area contributed by atoms with Crippen LogP contribution in [0.5, 0.6) is 0 Å². The van der Waals surface area contributed by atoms with Crippen molar-refractivity contribution in [2.24, 2.45) is 0 Å². The van der Waals surface area contributed by atoms with Gasteiger partial charge in [-0.25, -0.2) is 0 Å². The highest BCUT2D eigenvalue weighted by atomic mass is 35.5. The average Bonchev–Trinajstić information content (AvgIpc) is 3.16. The van der Waals surface area contributed by atoms with E-state index in [1.165, 1.54) is 0 Å². The van der Waals surface area contributed by atoms with Crippen LogP contribution in [0.25, 0.3) is 11.4 Å². The van der Waals surface area contributed by atoms with Gasteiger partial charge in [-0.3, -0.25) is 9.59 Å². The summed E-state index contributed by atoms with van der Waals surface area (Å²) in [7, 11) is 0. The molecular formula is C20H19ClN4O3. The number of anilines is 2. The summed E-state index contributed by atoms with van der Waals surface area (Å²) < 4.78 is 5.20. The highest BCUT2D eigenvalue weighted by Crippen LogP contribution is 2.19. The summed E-state index contributed by atoms with van der Waals surface area (Å²) in [5.41, 5.74) is 2.02. The molecule has 1 heterocycles. The summed E-state index contributed by atoms with van der Waals surface area (Å²) in [5.74, 6) is 0.553. The van der Waals surface area contributed by atoms with Gasteiger partial charge in [0.2, 0.25) is 23.5 Å². The Morgan fingerprint density at radius 3 is 2.39 bits per heavy atom. The number of hydrogen-bond donors (Lipinski definition) is 2. The van der Waals surface area contributed by atoms with Crippen molar-refractivity contribution in [3.05, 3.63) is 59.4 Å². The molecule has 0 unspecified atom stereocenters. The number of rotatable bonds is 7. The lowest BCUT2D eigenvalue weighted by molar-refractivity contribution is -0.116. The van der Waals surface area contributed by atoms with Gasteiger partial charge in [0, 0.05) is 41.2 Å². The van der Waals surface area contributed by atoms with Gasteiger partial charge in [-0.15, -0.1) is 0 Å². The lowest BCUT2D eigenvalue weighted by Crippen LogP contribution is -2.13. The summed E-state index contributed by atoms with van der Waals surface area (Å²) in [6.45, 7) is 1.77. The monoisotopic (exact) mass is 398 g/mol. The summed E-state index contributed by atoms with van der Waals surface area (Å²) in [6.07, 6.45) is 0.894. The third kappa shape index (κ3) is 5.40. The topological polar surface area (TPSA) is 97.1 Å². The smallest absolute Gasteiger partial charge is 0.227 e. The molecule has 3 rings (SSSR count). The van der Waals surface area contributed by atoms with Crippen molar-refractivity contribution >= 4 is 34.8 Å². The molecule has 0 atom stereocenters. The van der Waals surface area contributed by atoms with Gasteiger partial charge < -0.3 is 15.2 Å². The molecule has 0 aliphatic rings. The Morgan fingerprint density at radius 1 is 1.04 bits per heavy atom. The average molecular weight is 399 g/mol. The van der Waals surface area contributed by atoms with Crippen molar-refractivity contribution in [2.45, 2.75) is 26.2 Å². The minimum atomic E-state index is -0.190. The van der Waals surface area contributed by atoms with E-state index in [0.717, 1.165) is 5.56 Å². The largest absolute Gasteiger partial charge is 0.339 e. The molecule has 0 saturated carbocycles. The molecule has 144 valence electrons. The van der Waals surface area contributed by atoms with E-state index in [1.807, 2.05) is 0 Å². The first-order valence-electron chi connectivity index (χ1n) is 8.82. The van der Waals surface area contributed by atoms with Crippen molar-refractivity contribution in [2.75, 3.05) is 10.6 Å². The number of hydrogen-bond acceptors (Lipinski definition) is 5. The molecule has 7 nitrogen and oxygen atoms in total. The second-order valence-electron chi connectivity index (χ2n) is 6.05. The van der Waals surface area contributed by atoms with E-state index in [1.54, 1.807) is 55.5 Å². The normalized spacial score (nSPS) is 10.5. The molecular weight excluding hydrogens is 380 g/mol. The van der Waals surface area contributed by atoms with E-state index >= 15 is 0 Å². The molecule has 0 fully saturated rings. The Bertz CT molecular complexity index is 970. The van der Waals surface area contributed by atoms with Crippen LogP contribution in [-0.2, 0) is 16.0 Å². The van der Waals surface area contributed by atoms with Crippen LogP contribution in [0.1, 0.15) is 25.7 Å². The van der Waals surface area contributed by atoms with Crippen LogP contribution in [0.3, 0.4) is 0 Å². The molecule has 0 spiro atoms. The first-order valence-corrected chi connectivity index (χ1v) is 9.19. The maximum absolute atomic E-state index is 12.2. The van der Waals surface area contributed by atoms with Gasteiger partial charge in [-0.2, -0.15) is 4.98 Å². The van der Waals surface area contributed by atoms with Crippen molar-refractivity contribution < 1.29 is 14.1 Å². The number of aromatic nitrogens is 2. The standard InChI is InChI=1S/C20H19ClN4O3/c1-2-17(26)22-15-4-3-5-16(12-15)23-18(27)10-11-19-24-20(25-28-19)13-6-8-14(21)9-7-13/h3-9,12H,2,10-11H2,1H3,(H,22,26)(H,23,27). The van der Waals surface area contributed by atoms with Crippen molar-refractivity contribution in [3.8, 4) is 11.4 Å². The van der Waals surface area contributed by atoms with Crippen LogP contribution >= 0.6 is 11.6 Å². The molecule has 0 saturated heterocycles. The zero-order valence-corrected chi connectivity index (χ0v) is 16.0. The molecule has 3 aromatic rings. The fraction of sp³-hybridized carbons (Fsp3) is 0.200. The molecule has 0 aliphatic heterocycles. The third-order valence-electron chi connectivity index (χ3n) is 3.89. The Morgan fingerprint density at radius 2 is 1.71 bits per heavy atom. The molecule has 2 aromatic carbocycles. The fourth-order valence-corrected chi connectivity index (χ4v) is 2.57. The number of halogens is 1. The molecule has 8 heteroatoms. The van der Waals surface area contributed by atoms with Gasteiger partial charge in [0.1, 0.15) is 0 Å². The number of amides is 2. The second kappa shape index (κ2) is 9.14. The first-order chi connectivity index (χ1) is 13.5. The van der Waals surface area contributed by atoms with Gasteiger partial charge in [0.05, 0.1) is 0 Å². The van der Waals surface area contributed by atoms with Gasteiger partial charge in [-0.05, 0) is 42.5 Å². The molecule has 2 N–H and O–H groups in total. The van der Waals surface area contributed by atoms with E-state index in [-0.39, 0.29) is 18.2 Å². The molecule has 28 heavy (non-hydrogen) atoms. The van der Waals surface area contributed by atoms with Crippen molar-refractivity contribution in [1.29, 1.82) is 0 Å². The summed E-state index contributed by atoms with van der Waals surface area (Å²) in [4.78, 5) is 28.0. The summed E-state index contributed by atoms with van der Waals surface area (Å²) >= 11 is 5.87. The Balaban J connectivity index is 1.54. The molecule has 1 aromatic heterocycles. The molecule has 0 aliphatic carbocycles. The quantitative estimate of drug-likeness (QED) is 0.618. The predicted molar refractivity (Wildman–Crippen MR) is 107 cm³/mol. The van der Waals surface area contributed by atoms with Gasteiger partial charge in [-0.1, -0.05) is 29.7 Å². The van der Waals surface area contributed by atoms with Crippen LogP contribution in [0.15, 0.2) is 53.1 Å². The Kier molecular flexibility index (Phi) is 6.39. The predicted octanol–water partition coefficient (Wildman–Crippen LogP) is 4.31. The number of carbonyl (C=O) groups excluding carboxylic acids is 2. The second-order valence-corrected chi connectivity index (χ2v) is 6.49. The molecule has 0 radical (unpaired) electrons. The highest BCUT2D eigenvalue weighted by Gasteiger charge is 2.11. The number of nitrogens with zero attached hydrogens (tertiary/aromatic N) is 2. The van der Waals surface area contributed by atoms with Crippen molar-refractivity contribution in [1.82, 2.24) is 10.1 Å². The van der Waals surface area contributed by atoms with Crippen LogP contribution in [0, 0.1) is 0 Å². The maximum Gasteiger partial charge on any atom is 0.227 e. The van der Waals surface area contributed by atoms with Crippen LogP contribution in [0.4, 0.5) is 11.4 Å². The summed E-state index contributed by atoms with van der Waals surface area (Å²) in [6, 6.07) is 14.1. The SMILES string of the molecule is CCC(=O)Nc1cccc(NC(=O)CCc2nc(-c3ccc(Cl)cc3)no2)c1. The third-order valence-corrected chi connectivity index (χ3v) is 4.14. The van der Waals surface area contributed by atoms with E-state index < -0.39 is 0 Å². The minimum Gasteiger partial charge on any atom is -0.339 e. The maximum atomic E-state index is 12.2. The number of carbonyl (C=O) groups is 2. The van der Waals surface area contributed by atoms with E-state index in [4.69, 9.17) is 16.1 Å². The number of aryl methyl sites for hydroxylation is 1. The number of nitrogens with one attached hydrogen (secondary N) is 2. The van der Waals surface area contributed by atoms with E-state index in [0.29, 0.717) is 41.0 Å². The summed E-state index contributed by atoms with van der Waals surface area (Å²) in [5, 5.41) is 10.1. The van der Waals surface area contributed by atoms with E-state index in [2.05, 4.69) is 20.8 Å². The van der Waals surface area contributed by atoms with Crippen LogP contribution in [-0.4, -0.2) is 22.0 Å². The van der Waals surface area contributed by atoms with Crippen LogP contribution in [0.2, 0.25) is 5.02 Å². The lowest BCUT2D eigenvalue weighted by atomic mass is 10.2. The van der Waals surface area contributed by atoms with Crippen molar-refractivity contribution in [3.63, 3.8) is 0 Å². The van der Waals surface area contributed by atoms with Gasteiger partial charge in [0.15, 0.2) is 0 Å². The van der Waals surface area contributed by atoms with Gasteiger partial charge in [0.25, 0.3) is 0 Å². The fourth-order valence-electron chi connectivity index (χ4n) is 2.44. The Labute approximate surface area is 167 Å². The highest BCUT2D eigenvalue weighted by molar-refractivity contribution is 6.30. The van der Waals surface area contributed by atoms with E-state index in [9.17, 15) is 9.59 Å². The lowest BCUT2D eigenvalue weighted by Gasteiger charge is -2.08. The zero-order chi connectivity index (χ0) is 19.9. The first kappa shape index (κ1) is 19.6. The molecule has 0 bridgehead atoms. The van der Waals surface area contributed by atoms with Gasteiger partial charge >= 0.3 is 0 Å². The number of benzene rings is 2. The minimum absolute atomic E-state index is 0.0867. The van der Waals surface area contributed by atoms with Crippen LogP contribution < -0.4 is 10.6 Å². The zero-order valence-electron chi connectivity index (χ0n) is 15.2. The Hall–Kier alpha value is -3.19.